The Kier molecular flexibility index (Phi) is 5.79. The molecule has 2 fully saturated rings. The summed E-state index contributed by atoms with van der Waals surface area (Å²) < 4.78 is 26.9. The maximum absolute atomic E-state index is 12.8. The molecule has 1 aliphatic carbocycles. The van der Waals surface area contributed by atoms with Crippen molar-refractivity contribution in [2.45, 2.75) is 55.9 Å². The van der Waals surface area contributed by atoms with Gasteiger partial charge in [0.25, 0.3) is 0 Å². The smallest absolute Gasteiger partial charge is 0.243 e. The molecule has 1 amide bonds. The number of hydrogen-bond acceptors (Lipinski definition) is 3. The number of carbonyl (C=O) groups is 1. The first-order chi connectivity index (χ1) is 12.0. The number of carbonyl (C=O) groups excluding carboxylic acids is 1. The normalized spacial score (nSPS) is 21.2. The quantitative estimate of drug-likeness (QED) is 0.825. The van der Waals surface area contributed by atoms with Crippen molar-refractivity contribution in [3.8, 4) is 0 Å². The first kappa shape index (κ1) is 18.4. The van der Waals surface area contributed by atoms with Crippen molar-refractivity contribution < 1.29 is 13.2 Å². The van der Waals surface area contributed by atoms with E-state index in [0.29, 0.717) is 36.9 Å². The second-order valence-electron chi connectivity index (χ2n) is 7.23. The summed E-state index contributed by atoms with van der Waals surface area (Å²) in [4.78, 5) is 15.0. The van der Waals surface area contributed by atoms with E-state index in [1.165, 1.54) is 23.6 Å². The van der Waals surface area contributed by atoms with Gasteiger partial charge in [0.1, 0.15) is 0 Å². The van der Waals surface area contributed by atoms with Gasteiger partial charge in [-0.05, 0) is 37.8 Å². The molecule has 1 aromatic carbocycles. The number of piperidine rings is 1. The van der Waals surface area contributed by atoms with Gasteiger partial charge < -0.3 is 4.90 Å². The Hall–Kier alpha value is -1.40. The Morgan fingerprint density at radius 1 is 1.00 bits per heavy atom. The van der Waals surface area contributed by atoms with Crippen molar-refractivity contribution in [1.82, 2.24) is 9.21 Å². The number of nitrogens with zero attached hydrogens (tertiary/aromatic N) is 2. The van der Waals surface area contributed by atoms with Gasteiger partial charge in [-0.2, -0.15) is 4.31 Å². The topological polar surface area (TPSA) is 57.7 Å². The van der Waals surface area contributed by atoms with Crippen molar-refractivity contribution in [3.05, 3.63) is 30.3 Å². The van der Waals surface area contributed by atoms with Gasteiger partial charge in [0.15, 0.2) is 0 Å². The van der Waals surface area contributed by atoms with Gasteiger partial charge in [0.05, 0.1) is 4.90 Å². The zero-order valence-electron chi connectivity index (χ0n) is 14.9. The van der Waals surface area contributed by atoms with Crippen LogP contribution >= 0.6 is 0 Å². The molecule has 5 nitrogen and oxygen atoms in total. The highest BCUT2D eigenvalue weighted by atomic mass is 32.2. The fraction of sp³-hybridized carbons (Fsp3) is 0.632. The Labute approximate surface area is 151 Å². The summed E-state index contributed by atoms with van der Waals surface area (Å²) in [6.07, 6.45) is 7.11. The maximum atomic E-state index is 12.8. The largest absolute Gasteiger partial charge is 0.343 e. The van der Waals surface area contributed by atoms with Gasteiger partial charge in [0, 0.05) is 32.1 Å². The third-order valence-electron chi connectivity index (χ3n) is 5.65. The van der Waals surface area contributed by atoms with E-state index in [-0.39, 0.29) is 11.8 Å². The summed E-state index contributed by atoms with van der Waals surface area (Å²) in [6, 6.07) is 8.91. The average molecular weight is 365 g/mol. The van der Waals surface area contributed by atoms with Crippen LogP contribution in [0, 0.1) is 5.92 Å². The van der Waals surface area contributed by atoms with Crippen molar-refractivity contribution in [2.75, 3.05) is 20.1 Å². The molecule has 25 heavy (non-hydrogen) atoms. The Morgan fingerprint density at radius 2 is 1.60 bits per heavy atom. The molecule has 2 aliphatic rings. The number of amides is 1. The Bertz CT molecular complexity index is 676. The lowest BCUT2D eigenvalue weighted by Crippen LogP contribution is -2.46. The molecule has 3 rings (SSSR count). The van der Waals surface area contributed by atoms with Crippen LogP contribution in [0.3, 0.4) is 0 Å². The summed E-state index contributed by atoms with van der Waals surface area (Å²) in [5.41, 5.74) is 0. The second kappa shape index (κ2) is 7.87. The van der Waals surface area contributed by atoms with Crippen LogP contribution in [0.5, 0.6) is 0 Å². The second-order valence-corrected chi connectivity index (χ2v) is 9.17. The lowest BCUT2D eigenvalue weighted by atomic mass is 9.91. The van der Waals surface area contributed by atoms with Gasteiger partial charge in [-0.3, -0.25) is 4.79 Å². The zero-order valence-corrected chi connectivity index (χ0v) is 15.7. The SMILES string of the molecule is CN(C(=O)C1CCN(S(=O)(=O)c2ccccc2)CC1)C1CCCCC1. The average Bonchev–Trinajstić information content (AvgIpc) is 2.68. The molecule has 0 unspecified atom stereocenters. The molecule has 1 aliphatic heterocycles. The highest BCUT2D eigenvalue weighted by Crippen LogP contribution is 2.28. The van der Waals surface area contributed by atoms with E-state index in [1.54, 1.807) is 24.3 Å². The van der Waals surface area contributed by atoms with Crippen LogP contribution in [0.4, 0.5) is 0 Å². The molecule has 1 saturated heterocycles. The van der Waals surface area contributed by atoms with E-state index in [2.05, 4.69) is 0 Å². The molecular formula is C19H28N2O3S. The summed E-state index contributed by atoms with van der Waals surface area (Å²) in [5.74, 6) is 0.151. The first-order valence-corrected chi connectivity index (χ1v) is 10.8. The minimum absolute atomic E-state index is 0.0471. The lowest BCUT2D eigenvalue weighted by Gasteiger charge is -2.36. The van der Waals surface area contributed by atoms with Gasteiger partial charge in [0.2, 0.25) is 15.9 Å². The zero-order chi connectivity index (χ0) is 17.9. The molecule has 0 atom stereocenters. The van der Waals surface area contributed by atoms with E-state index in [4.69, 9.17) is 0 Å². The standard InChI is InChI=1S/C19H28N2O3S/c1-20(17-8-4-2-5-9-17)19(22)16-12-14-21(15-13-16)25(23,24)18-10-6-3-7-11-18/h3,6-7,10-11,16-17H,2,4-5,8-9,12-15H2,1H3. The Morgan fingerprint density at radius 3 is 2.20 bits per heavy atom. The molecule has 0 aromatic heterocycles. The number of sulfonamides is 1. The number of hydrogen-bond donors (Lipinski definition) is 0. The van der Waals surface area contributed by atoms with Gasteiger partial charge >= 0.3 is 0 Å². The monoisotopic (exact) mass is 364 g/mol. The minimum Gasteiger partial charge on any atom is -0.343 e. The van der Waals surface area contributed by atoms with Crippen molar-refractivity contribution in [3.63, 3.8) is 0 Å². The van der Waals surface area contributed by atoms with Crippen LogP contribution in [-0.4, -0.2) is 49.7 Å². The molecule has 6 heteroatoms. The molecule has 138 valence electrons. The van der Waals surface area contributed by atoms with Crippen LogP contribution in [0.25, 0.3) is 0 Å². The predicted molar refractivity (Wildman–Crippen MR) is 97.6 cm³/mol. The van der Waals surface area contributed by atoms with Gasteiger partial charge in [-0.1, -0.05) is 37.5 Å². The van der Waals surface area contributed by atoms with Gasteiger partial charge in [-0.25, -0.2) is 8.42 Å². The molecule has 1 saturated carbocycles. The molecule has 0 bridgehead atoms. The van der Waals surface area contributed by atoms with E-state index in [0.717, 1.165) is 12.8 Å². The van der Waals surface area contributed by atoms with E-state index < -0.39 is 10.0 Å². The summed E-state index contributed by atoms with van der Waals surface area (Å²) >= 11 is 0. The van der Waals surface area contributed by atoms with Crippen LogP contribution in [0.2, 0.25) is 0 Å². The van der Waals surface area contributed by atoms with Crippen molar-refractivity contribution in [2.24, 2.45) is 5.92 Å². The van der Waals surface area contributed by atoms with Crippen molar-refractivity contribution >= 4 is 15.9 Å². The summed E-state index contributed by atoms with van der Waals surface area (Å²) in [5, 5.41) is 0. The predicted octanol–water partition coefficient (Wildman–Crippen LogP) is 2.88. The van der Waals surface area contributed by atoms with E-state index >= 15 is 0 Å². The maximum Gasteiger partial charge on any atom is 0.243 e. The number of rotatable bonds is 4. The minimum atomic E-state index is -3.44. The van der Waals surface area contributed by atoms with Gasteiger partial charge in [-0.15, -0.1) is 0 Å². The third-order valence-corrected chi connectivity index (χ3v) is 7.57. The number of benzene rings is 1. The molecule has 0 N–H and O–H groups in total. The van der Waals surface area contributed by atoms with Crippen LogP contribution in [-0.2, 0) is 14.8 Å². The third kappa shape index (κ3) is 4.06. The highest BCUT2D eigenvalue weighted by molar-refractivity contribution is 7.89. The lowest BCUT2D eigenvalue weighted by molar-refractivity contribution is -0.138. The van der Waals surface area contributed by atoms with Crippen LogP contribution in [0.15, 0.2) is 35.2 Å². The first-order valence-electron chi connectivity index (χ1n) is 9.32. The molecule has 0 spiro atoms. The summed E-state index contributed by atoms with van der Waals surface area (Å²) in [7, 11) is -1.52. The van der Waals surface area contributed by atoms with Crippen LogP contribution < -0.4 is 0 Å². The highest BCUT2D eigenvalue weighted by Gasteiger charge is 2.34. The molecule has 1 heterocycles. The van der Waals surface area contributed by atoms with Crippen molar-refractivity contribution in [1.29, 1.82) is 0 Å². The summed E-state index contributed by atoms with van der Waals surface area (Å²) in [6.45, 7) is 0.846. The van der Waals surface area contributed by atoms with E-state index in [9.17, 15) is 13.2 Å². The molecule has 0 radical (unpaired) electrons. The van der Waals surface area contributed by atoms with E-state index in [1.807, 2.05) is 18.0 Å². The Balaban J connectivity index is 1.59. The molecular weight excluding hydrogens is 336 g/mol. The van der Waals surface area contributed by atoms with Crippen LogP contribution in [0.1, 0.15) is 44.9 Å². The fourth-order valence-electron chi connectivity index (χ4n) is 4.02. The fourth-order valence-corrected chi connectivity index (χ4v) is 5.51. The molecule has 1 aromatic rings.